The first-order valence-electron chi connectivity index (χ1n) is 6.42. The van der Waals surface area contributed by atoms with E-state index in [-0.39, 0.29) is 5.91 Å². The van der Waals surface area contributed by atoms with Crippen LogP contribution in [-0.2, 0) is 9.53 Å². The number of nitrogens with two attached hydrogens (primary N) is 1. The monoisotopic (exact) mass is 250 g/mol. The molecule has 0 aromatic heterocycles. The predicted octanol–water partition coefficient (Wildman–Crippen LogP) is 2.80. The van der Waals surface area contributed by atoms with E-state index in [1.54, 1.807) is 19.1 Å². The predicted molar refractivity (Wildman–Crippen MR) is 74.4 cm³/mol. The van der Waals surface area contributed by atoms with Crippen molar-refractivity contribution in [2.75, 3.05) is 17.7 Å². The minimum absolute atomic E-state index is 0.163. The normalized spacial score (nSPS) is 12.1. The Kier molecular flexibility index (Phi) is 6.22. The smallest absolute Gasteiger partial charge is 0.253 e. The van der Waals surface area contributed by atoms with E-state index >= 15 is 0 Å². The summed E-state index contributed by atoms with van der Waals surface area (Å²) in [6.07, 6.45) is 2.80. The number of carbonyl (C=O) groups excluding carboxylic acids is 1. The average molecular weight is 250 g/mol. The lowest BCUT2D eigenvalue weighted by atomic mass is 10.2. The fourth-order valence-electron chi connectivity index (χ4n) is 1.53. The molecule has 0 heterocycles. The molecule has 3 N–H and O–H groups in total. The van der Waals surface area contributed by atoms with Crippen LogP contribution in [0.3, 0.4) is 0 Å². The second-order valence-corrected chi connectivity index (χ2v) is 4.30. The zero-order valence-electron chi connectivity index (χ0n) is 11.1. The number of nitrogen functional groups attached to an aromatic ring is 1. The molecule has 1 aromatic carbocycles. The molecule has 0 bridgehead atoms. The van der Waals surface area contributed by atoms with Crippen molar-refractivity contribution in [3.8, 4) is 0 Å². The van der Waals surface area contributed by atoms with Crippen LogP contribution >= 0.6 is 0 Å². The number of ether oxygens (including phenoxy) is 1. The van der Waals surface area contributed by atoms with Gasteiger partial charge in [0.15, 0.2) is 0 Å². The van der Waals surface area contributed by atoms with Gasteiger partial charge in [0.25, 0.3) is 5.91 Å². The molecule has 4 heteroatoms. The van der Waals surface area contributed by atoms with Gasteiger partial charge in [-0.2, -0.15) is 0 Å². The summed E-state index contributed by atoms with van der Waals surface area (Å²) >= 11 is 0. The molecule has 0 saturated carbocycles. The summed E-state index contributed by atoms with van der Waals surface area (Å²) in [6.45, 7) is 4.50. The summed E-state index contributed by atoms with van der Waals surface area (Å²) < 4.78 is 5.47. The largest absolute Gasteiger partial charge is 0.397 e. The molecule has 0 aliphatic rings. The van der Waals surface area contributed by atoms with Crippen molar-refractivity contribution in [2.24, 2.45) is 0 Å². The van der Waals surface area contributed by atoms with Crippen molar-refractivity contribution in [3.05, 3.63) is 24.3 Å². The van der Waals surface area contributed by atoms with Gasteiger partial charge in [-0.1, -0.05) is 31.9 Å². The molecular formula is C14H22N2O2. The van der Waals surface area contributed by atoms with Gasteiger partial charge in [0, 0.05) is 6.61 Å². The summed E-state index contributed by atoms with van der Waals surface area (Å²) in [5.41, 5.74) is 6.94. The molecule has 0 fully saturated rings. The van der Waals surface area contributed by atoms with Crippen molar-refractivity contribution in [1.82, 2.24) is 0 Å². The molecule has 0 spiro atoms. The summed E-state index contributed by atoms with van der Waals surface area (Å²) in [5, 5.41) is 2.76. The molecule has 4 nitrogen and oxygen atoms in total. The van der Waals surface area contributed by atoms with E-state index in [9.17, 15) is 4.79 Å². The van der Waals surface area contributed by atoms with Crippen LogP contribution in [0.25, 0.3) is 0 Å². The van der Waals surface area contributed by atoms with Crippen LogP contribution in [0.4, 0.5) is 11.4 Å². The minimum Gasteiger partial charge on any atom is -0.397 e. The molecule has 1 atom stereocenters. The van der Waals surface area contributed by atoms with E-state index in [4.69, 9.17) is 10.5 Å². The maximum absolute atomic E-state index is 11.8. The molecule has 0 aliphatic carbocycles. The molecule has 18 heavy (non-hydrogen) atoms. The van der Waals surface area contributed by atoms with E-state index in [2.05, 4.69) is 12.2 Å². The van der Waals surface area contributed by atoms with Gasteiger partial charge in [-0.25, -0.2) is 0 Å². The van der Waals surface area contributed by atoms with Gasteiger partial charge >= 0.3 is 0 Å². The highest BCUT2D eigenvalue weighted by atomic mass is 16.5. The van der Waals surface area contributed by atoms with Crippen molar-refractivity contribution >= 4 is 17.3 Å². The topological polar surface area (TPSA) is 64.3 Å². The molecule has 0 aliphatic heterocycles. The number of carbonyl (C=O) groups is 1. The average Bonchev–Trinajstić information content (AvgIpc) is 2.37. The highest BCUT2D eigenvalue weighted by molar-refractivity contribution is 5.96. The first-order valence-corrected chi connectivity index (χ1v) is 6.42. The number of hydrogen-bond acceptors (Lipinski definition) is 3. The van der Waals surface area contributed by atoms with Gasteiger partial charge in [-0.3, -0.25) is 4.79 Å². The third kappa shape index (κ3) is 4.75. The lowest BCUT2D eigenvalue weighted by Gasteiger charge is -2.14. The van der Waals surface area contributed by atoms with Crippen LogP contribution in [0.2, 0.25) is 0 Å². The summed E-state index contributed by atoms with van der Waals surface area (Å²) in [7, 11) is 0. The zero-order chi connectivity index (χ0) is 13.4. The summed E-state index contributed by atoms with van der Waals surface area (Å²) in [4.78, 5) is 11.8. The minimum atomic E-state index is -0.457. The van der Waals surface area contributed by atoms with E-state index in [0.717, 1.165) is 19.3 Å². The highest BCUT2D eigenvalue weighted by Gasteiger charge is 2.13. The standard InChI is InChI=1S/C14H22N2O2/c1-3-4-7-10-18-11(2)14(17)16-13-9-6-5-8-12(13)15/h5-6,8-9,11H,3-4,7,10,15H2,1-2H3,(H,16,17). The summed E-state index contributed by atoms with van der Waals surface area (Å²) in [5.74, 6) is -0.163. The fourth-order valence-corrected chi connectivity index (χ4v) is 1.53. The molecule has 1 unspecified atom stereocenters. The Labute approximate surface area is 109 Å². The van der Waals surface area contributed by atoms with Crippen LogP contribution in [0.1, 0.15) is 33.1 Å². The van der Waals surface area contributed by atoms with Crippen LogP contribution in [0, 0.1) is 0 Å². The highest BCUT2D eigenvalue weighted by Crippen LogP contribution is 2.17. The van der Waals surface area contributed by atoms with Crippen LogP contribution in [-0.4, -0.2) is 18.6 Å². The van der Waals surface area contributed by atoms with Crippen molar-refractivity contribution in [1.29, 1.82) is 0 Å². The van der Waals surface area contributed by atoms with Crippen LogP contribution in [0.15, 0.2) is 24.3 Å². The number of unbranched alkanes of at least 4 members (excludes halogenated alkanes) is 2. The van der Waals surface area contributed by atoms with Crippen molar-refractivity contribution in [2.45, 2.75) is 39.2 Å². The molecule has 1 amide bonds. The van der Waals surface area contributed by atoms with E-state index in [1.807, 2.05) is 12.1 Å². The van der Waals surface area contributed by atoms with Gasteiger partial charge in [0.05, 0.1) is 11.4 Å². The van der Waals surface area contributed by atoms with Crippen LogP contribution < -0.4 is 11.1 Å². The van der Waals surface area contributed by atoms with Crippen LogP contribution in [0.5, 0.6) is 0 Å². The van der Waals surface area contributed by atoms with Gasteiger partial charge in [-0.15, -0.1) is 0 Å². The third-order valence-corrected chi connectivity index (χ3v) is 2.70. The number of rotatable bonds is 7. The molecule has 0 saturated heterocycles. The number of anilines is 2. The van der Waals surface area contributed by atoms with Crippen molar-refractivity contribution < 1.29 is 9.53 Å². The molecule has 1 rings (SSSR count). The van der Waals surface area contributed by atoms with Gasteiger partial charge in [0.1, 0.15) is 6.10 Å². The first kappa shape index (κ1) is 14.5. The number of hydrogen-bond donors (Lipinski definition) is 2. The quantitative estimate of drug-likeness (QED) is 0.577. The van der Waals surface area contributed by atoms with E-state index < -0.39 is 6.10 Å². The maximum atomic E-state index is 11.8. The Balaban J connectivity index is 2.38. The molecule has 0 radical (unpaired) electrons. The fraction of sp³-hybridized carbons (Fsp3) is 0.500. The lowest BCUT2D eigenvalue weighted by molar-refractivity contribution is -0.126. The Morgan fingerprint density at radius 2 is 2.11 bits per heavy atom. The number of para-hydroxylation sites is 2. The summed E-state index contributed by atoms with van der Waals surface area (Å²) in [6, 6.07) is 7.19. The Morgan fingerprint density at radius 1 is 1.39 bits per heavy atom. The molecular weight excluding hydrogens is 228 g/mol. The first-order chi connectivity index (χ1) is 8.65. The second kappa shape index (κ2) is 7.71. The SMILES string of the molecule is CCCCCOC(C)C(=O)Nc1ccccc1N. The third-order valence-electron chi connectivity index (χ3n) is 2.70. The Morgan fingerprint density at radius 3 is 2.78 bits per heavy atom. The maximum Gasteiger partial charge on any atom is 0.253 e. The second-order valence-electron chi connectivity index (χ2n) is 4.30. The number of nitrogens with one attached hydrogen (secondary N) is 1. The Bertz CT molecular complexity index is 380. The van der Waals surface area contributed by atoms with E-state index in [1.165, 1.54) is 0 Å². The number of amides is 1. The Hall–Kier alpha value is -1.55. The lowest BCUT2D eigenvalue weighted by Crippen LogP contribution is -2.28. The number of benzene rings is 1. The van der Waals surface area contributed by atoms with Gasteiger partial charge < -0.3 is 15.8 Å². The van der Waals surface area contributed by atoms with Gasteiger partial charge in [0.2, 0.25) is 0 Å². The zero-order valence-corrected chi connectivity index (χ0v) is 11.1. The molecule has 100 valence electrons. The van der Waals surface area contributed by atoms with Crippen molar-refractivity contribution in [3.63, 3.8) is 0 Å². The molecule has 1 aromatic rings. The van der Waals surface area contributed by atoms with E-state index in [0.29, 0.717) is 18.0 Å². The van der Waals surface area contributed by atoms with Gasteiger partial charge in [-0.05, 0) is 25.5 Å².